The van der Waals surface area contributed by atoms with E-state index >= 15 is 0 Å². The van der Waals surface area contributed by atoms with Gasteiger partial charge in [-0.3, -0.25) is 0 Å². The van der Waals surface area contributed by atoms with Gasteiger partial charge in [-0.2, -0.15) is 0 Å². The molecule has 19 heavy (non-hydrogen) atoms. The van der Waals surface area contributed by atoms with Crippen LogP contribution in [0.2, 0.25) is 0 Å². The second kappa shape index (κ2) is 5.37. The number of rotatable bonds is 4. The van der Waals surface area contributed by atoms with E-state index in [2.05, 4.69) is 40.3 Å². The van der Waals surface area contributed by atoms with E-state index in [1.54, 1.807) is 6.07 Å². The summed E-state index contributed by atoms with van der Waals surface area (Å²) < 4.78 is 14.6. The fourth-order valence-electron chi connectivity index (χ4n) is 3.50. The lowest BCUT2D eigenvalue weighted by Crippen LogP contribution is -2.35. The van der Waals surface area contributed by atoms with Crippen molar-refractivity contribution < 1.29 is 4.39 Å². The third-order valence-corrected chi connectivity index (χ3v) is 5.09. The zero-order valence-electron chi connectivity index (χ0n) is 11.1. The minimum Gasteiger partial charge on any atom is -0.310 e. The fraction of sp³-hybridized carbons (Fsp3) is 0.500. The molecule has 0 amide bonds. The monoisotopic (exact) mass is 323 g/mol. The molecule has 2 aliphatic carbocycles. The minimum absolute atomic E-state index is 0.129. The van der Waals surface area contributed by atoms with Crippen molar-refractivity contribution in [3.8, 4) is 0 Å². The van der Waals surface area contributed by atoms with E-state index in [-0.39, 0.29) is 5.82 Å². The first-order valence-corrected chi connectivity index (χ1v) is 7.78. The largest absolute Gasteiger partial charge is 0.310 e. The summed E-state index contributed by atoms with van der Waals surface area (Å²) in [6.45, 7) is 2.83. The van der Waals surface area contributed by atoms with Crippen molar-refractivity contribution >= 4 is 15.9 Å². The molecular formula is C16H19BrFN. The van der Waals surface area contributed by atoms with Crippen molar-refractivity contribution in [2.75, 3.05) is 0 Å². The maximum absolute atomic E-state index is 13.7. The molecule has 3 rings (SSSR count). The molecule has 2 aliphatic rings. The van der Waals surface area contributed by atoms with Gasteiger partial charge in [0.25, 0.3) is 0 Å². The van der Waals surface area contributed by atoms with E-state index in [0.717, 1.165) is 21.9 Å². The summed E-state index contributed by atoms with van der Waals surface area (Å²) in [5, 5.41) is 3.50. The molecule has 1 aromatic carbocycles. The van der Waals surface area contributed by atoms with E-state index in [1.807, 2.05) is 6.07 Å². The highest BCUT2D eigenvalue weighted by Gasteiger charge is 2.38. The second-order valence-electron chi connectivity index (χ2n) is 5.85. The molecule has 102 valence electrons. The van der Waals surface area contributed by atoms with Gasteiger partial charge in [0, 0.05) is 22.6 Å². The second-order valence-corrected chi connectivity index (χ2v) is 6.77. The Hall–Kier alpha value is -0.670. The maximum atomic E-state index is 13.7. The van der Waals surface area contributed by atoms with Gasteiger partial charge in [0.05, 0.1) is 0 Å². The number of hydrogen-bond donors (Lipinski definition) is 1. The number of benzene rings is 1. The van der Waals surface area contributed by atoms with Crippen LogP contribution in [0.5, 0.6) is 0 Å². The zero-order chi connectivity index (χ0) is 13.4. The number of fused-ring (bicyclic) bond motifs is 2. The molecule has 1 N–H and O–H groups in total. The Labute approximate surface area is 122 Å². The Morgan fingerprint density at radius 3 is 2.89 bits per heavy atom. The molecule has 1 nitrogen and oxygen atoms in total. The standard InChI is InChI=1S/C16H19BrFN/c1-10(15-7-11-2-3-12(15)6-11)19-9-13-8-14(17)4-5-16(13)18/h2-5,8,10-12,15,19H,6-7,9H2,1H3. The van der Waals surface area contributed by atoms with Crippen LogP contribution in [-0.4, -0.2) is 6.04 Å². The van der Waals surface area contributed by atoms with E-state index in [1.165, 1.54) is 18.9 Å². The van der Waals surface area contributed by atoms with Crippen molar-refractivity contribution in [3.63, 3.8) is 0 Å². The lowest BCUT2D eigenvalue weighted by Gasteiger charge is -2.26. The van der Waals surface area contributed by atoms with Crippen molar-refractivity contribution in [2.24, 2.45) is 17.8 Å². The van der Waals surface area contributed by atoms with Crippen LogP contribution in [0.1, 0.15) is 25.3 Å². The molecular weight excluding hydrogens is 305 g/mol. The van der Waals surface area contributed by atoms with Gasteiger partial charge in [-0.05, 0) is 55.7 Å². The predicted octanol–water partition coefficient (Wildman–Crippen LogP) is 4.28. The summed E-state index contributed by atoms with van der Waals surface area (Å²) >= 11 is 3.39. The van der Waals surface area contributed by atoms with Crippen molar-refractivity contribution in [1.82, 2.24) is 5.32 Å². The van der Waals surface area contributed by atoms with Gasteiger partial charge in [0.15, 0.2) is 0 Å². The van der Waals surface area contributed by atoms with Crippen LogP contribution in [0, 0.1) is 23.6 Å². The minimum atomic E-state index is -0.129. The number of allylic oxidation sites excluding steroid dienone is 2. The zero-order valence-corrected chi connectivity index (χ0v) is 12.7. The molecule has 4 unspecified atom stereocenters. The van der Waals surface area contributed by atoms with E-state index in [0.29, 0.717) is 18.5 Å². The van der Waals surface area contributed by atoms with Gasteiger partial charge < -0.3 is 5.32 Å². The molecule has 0 heterocycles. The third-order valence-electron chi connectivity index (χ3n) is 4.59. The van der Waals surface area contributed by atoms with Crippen molar-refractivity contribution in [1.29, 1.82) is 0 Å². The summed E-state index contributed by atoms with van der Waals surface area (Å²) in [4.78, 5) is 0. The van der Waals surface area contributed by atoms with Gasteiger partial charge in [0.2, 0.25) is 0 Å². The molecule has 0 saturated heterocycles. The molecule has 0 spiro atoms. The molecule has 1 saturated carbocycles. The first kappa shape index (κ1) is 13.3. The van der Waals surface area contributed by atoms with Crippen LogP contribution in [0.3, 0.4) is 0 Å². The topological polar surface area (TPSA) is 12.0 Å². The summed E-state index contributed by atoms with van der Waals surface area (Å²) in [6, 6.07) is 5.56. The van der Waals surface area contributed by atoms with E-state index in [9.17, 15) is 4.39 Å². The lowest BCUT2D eigenvalue weighted by molar-refractivity contribution is 0.325. The lowest BCUT2D eigenvalue weighted by atomic mass is 9.87. The molecule has 1 aromatic rings. The highest BCUT2D eigenvalue weighted by Crippen LogP contribution is 2.44. The van der Waals surface area contributed by atoms with Crippen LogP contribution in [0.25, 0.3) is 0 Å². The average molecular weight is 324 g/mol. The highest BCUT2D eigenvalue weighted by atomic mass is 79.9. The quantitative estimate of drug-likeness (QED) is 0.815. The average Bonchev–Trinajstić information content (AvgIpc) is 3.02. The molecule has 1 fully saturated rings. The van der Waals surface area contributed by atoms with Gasteiger partial charge in [0.1, 0.15) is 5.82 Å². The number of halogens is 2. The molecule has 3 heteroatoms. The normalized spacial score (nSPS) is 29.9. The number of nitrogens with one attached hydrogen (secondary N) is 1. The molecule has 0 aliphatic heterocycles. The maximum Gasteiger partial charge on any atom is 0.127 e. The van der Waals surface area contributed by atoms with Gasteiger partial charge in [-0.25, -0.2) is 4.39 Å². The molecule has 4 atom stereocenters. The Balaban J connectivity index is 1.60. The first-order valence-electron chi connectivity index (χ1n) is 6.99. The van der Waals surface area contributed by atoms with Crippen LogP contribution in [0.15, 0.2) is 34.8 Å². The Morgan fingerprint density at radius 1 is 1.37 bits per heavy atom. The fourth-order valence-corrected chi connectivity index (χ4v) is 3.91. The summed E-state index contributed by atoms with van der Waals surface area (Å²) in [5.41, 5.74) is 0.736. The first-order chi connectivity index (χ1) is 9.13. The third kappa shape index (κ3) is 2.77. The van der Waals surface area contributed by atoms with Crippen molar-refractivity contribution in [3.05, 3.63) is 46.2 Å². The SMILES string of the molecule is CC(NCc1cc(Br)ccc1F)C1CC2C=CC1C2. The summed E-state index contributed by atoms with van der Waals surface area (Å²) in [7, 11) is 0. The van der Waals surface area contributed by atoms with E-state index < -0.39 is 0 Å². The van der Waals surface area contributed by atoms with Crippen molar-refractivity contribution in [2.45, 2.75) is 32.4 Å². The van der Waals surface area contributed by atoms with Gasteiger partial charge in [-0.1, -0.05) is 28.1 Å². The summed E-state index contributed by atoms with van der Waals surface area (Å²) in [5.74, 6) is 2.11. The molecule has 2 bridgehead atoms. The van der Waals surface area contributed by atoms with Crippen LogP contribution < -0.4 is 5.32 Å². The smallest absolute Gasteiger partial charge is 0.127 e. The Morgan fingerprint density at radius 2 is 2.21 bits per heavy atom. The number of hydrogen-bond acceptors (Lipinski definition) is 1. The Kier molecular flexibility index (Phi) is 3.77. The molecule has 0 aromatic heterocycles. The highest BCUT2D eigenvalue weighted by molar-refractivity contribution is 9.10. The van der Waals surface area contributed by atoms with Gasteiger partial charge >= 0.3 is 0 Å². The van der Waals surface area contributed by atoms with E-state index in [4.69, 9.17) is 0 Å². The van der Waals surface area contributed by atoms with Crippen LogP contribution in [-0.2, 0) is 6.54 Å². The van der Waals surface area contributed by atoms with Gasteiger partial charge in [-0.15, -0.1) is 0 Å². The Bertz CT molecular complexity index is 500. The van der Waals surface area contributed by atoms with Crippen LogP contribution >= 0.6 is 15.9 Å². The summed E-state index contributed by atoms with van der Waals surface area (Å²) in [6.07, 6.45) is 7.34. The molecule has 0 radical (unpaired) electrons. The predicted molar refractivity (Wildman–Crippen MR) is 79.2 cm³/mol. The van der Waals surface area contributed by atoms with Crippen LogP contribution in [0.4, 0.5) is 4.39 Å².